The molecule has 0 saturated heterocycles. The molecule has 2 aromatic carbocycles. The van der Waals surface area contributed by atoms with Gasteiger partial charge in [0.25, 0.3) is 0 Å². The van der Waals surface area contributed by atoms with E-state index in [0.717, 1.165) is 10.6 Å². The number of carbonyl (C=O) groups is 1. The molecule has 4 heteroatoms. The Morgan fingerprint density at radius 3 is 2.28 bits per heavy atom. The van der Waals surface area contributed by atoms with Crippen LogP contribution in [0.3, 0.4) is 0 Å². The van der Waals surface area contributed by atoms with Crippen molar-refractivity contribution in [3.05, 3.63) is 59.1 Å². The zero-order valence-electron chi connectivity index (χ0n) is 9.60. The van der Waals surface area contributed by atoms with Crippen LogP contribution in [0.15, 0.2) is 53.4 Å². The number of hydrogen-bond acceptors (Lipinski definition) is 3. The fraction of sp³-hybridized carbons (Fsp3) is 0.0714. The Morgan fingerprint density at radius 2 is 1.67 bits per heavy atom. The molecule has 0 saturated carbocycles. The molecule has 0 radical (unpaired) electrons. The summed E-state index contributed by atoms with van der Waals surface area (Å²) in [6.07, 6.45) is 0. The molecule has 0 spiro atoms. The van der Waals surface area contributed by atoms with Gasteiger partial charge in [0.1, 0.15) is 0 Å². The van der Waals surface area contributed by atoms with Crippen LogP contribution in [0.1, 0.15) is 10.4 Å². The summed E-state index contributed by atoms with van der Waals surface area (Å²) in [6, 6.07) is 14.4. The number of ketones is 1. The van der Waals surface area contributed by atoms with E-state index >= 15 is 0 Å². The van der Waals surface area contributed by atoms with Gasteiger partial charge in [0.15, 0.2) is 5.78 Å². The first-order chi connectivity index (χ1) is 8.65. The Hall–Kier alpha value is -1.45. The quantitative estimate of drug-likeness (QED) is 0.524. The second-order valence-electron chi connectivity index (χ2n) is 3.79. The van der Waals surface area contributed by atoms with Crippen molar-refractivity contribution in [3.63, 3.8) is 0 Å². The first kappa shape index (κ1) is 13.0. The van der Waals surface area contributed by atoms with E-state index in [1.54, 1.807) is 24.3 Å². The highest BCUT2D eigenvalue weighted by molar-refractivity contribution is 8.00. The molecule has 92 valence electrons. The zero-order valence-corrected chi connectivity index (χ0v) is 11.2. The van der Waals surface area contributed by atoms with Gasteiger partial charge in [0.2, 0.25) is 0 Å². The number of hydrogen-bond donors (Lipinski definition) is 1. The maximum atomic E-state index is 11.9. The summed E-state index contributed by atoms with van der Waals surface area (Å²) < 4.78 is 0. The van der Waals surface area contributed by atoms with E-state index in [1.807, 2.05) is 24.3 Å². The lowest BCUT2D eigenvalue weighted by Gasteiger charge is -2.02. The van der Waals surface area contributed by atoms with E-state index in [1.165, 1.54) is 11.8 Å². The van der Waals surface area contributed by atoms with E-state index in [4.69, 9.17) is 17.3 Å². The number of rotatable bonds is 4. The number of Topliss-reactive ketones (excluding diaryl/α,β-unsaturated/α-hetero) is 1. The molecule has 0 atom stereocenters. The largest absolute Gasteiger partial charge is 0.399 e. The number of thioether (sulfide) groups is 1. The summed E-state index contributed by atoms with van der Waals surface area (Å²) in [4.78, 5) is 12.9. The molecule has 0 fully saturated rings. The summed E-state index contributed by atoms with van der Waals surface area (Å²) in [5.41, 5.74) is 7.01. The zero-order chi connectivity index (χ0) is 13.0. The topological polar surface area (TPSA) is 43.1 Å². The summed E-state index contributed by atoms with van der Waals surface area (Å²) in [5.74, 6) is 0.499. The average Bonchev–Trinajstić information content (AvgIpc) is 2.38. The molecule has 2 N–H and O–H groups in total. The number of nitrogen functional groups attached to an aromatic ring is 1. The van der Waals surface area contributed by atoms with E-state index in [9.17, 15) is 4.79 Å². The Bertz CT molecular complexity index is 537. The Morgan fingerprint density at radius 1 is 1.06 bits per heavy atom. The van der Waals surface area contributed by atoms with Crippen LogP contribution in [0.2, 0.25) is 5.02 Å². The highest BCUT2D eigenvalue weighted by Gasteiger charge is 2.06. The second kappa shape index (κ2) is 5.94. The molecule has 2 rings (SSSR count). The van der Waals surface area contributed by atoms with E-state index < -0.39 is 0 Å². The van der Waals surface area contributed by atoms with Crippen LogP contribution < -0.4 is 5.73 Å². The highest BCUT2D eigenvalue weighted by atomic mass is 35.5. The van der Waals surface area contributed by atoms with Crippen LogP contribution in [-0.4, -0.2) is 11.5 Å². The molecule has 2 aromatic rings. The van der Waals surface area contributed by atoms with Crippen molar-refractivity contribution in [2.24, 2.45) is 0 Å². The van der Waals surface area contributed by atoms with Gasteiger partial charge in [-0.15, -0.1) is 11.8 Å². The lowest BCUT2D eigenvalue weighted by molar-refractivity contribution is 0.102. The number of benzene rings is 2. The van der Waals surface area contributed by atoms with Gasteiger partial charge < -0.3 is 5.73 Å². The van der Waals surface area contributed by atoms with Crippen molar-refractivity contribution >= 4 is 34.8 Å². The van der Waals surface area contributed by atoms with Crippen molar-refractivity contribution in [1.29, 1.82) is 0 Å². The van der Waals surface area contributed by atoms with Gasteiger partial charge in [-0.05, 0) is 48.5 Å². The van der Waals surface area contributed by atoms with Crippen LogP contribution in [0.4, 0.5) is 5.69 Å². The molecule has 0 amide bonds. The summed E-state index contributed by atoms with van der Waals surface area (Å²) >= 11 is 7.27. The molecule has 0 heterocycles. The minimum atomic E-state index is 0.0912. The predicted octanol–water partition coefficient (Wildman–Crippen LogP) is 3.90. The van der Waals surface area contributed by atoms with E-state index in [0.29, 0.717) is 16.3 Å². The molecule has 0 aliphatic carbocycles. The van der Waals surface area contributed by atoms with Gasteiger partial charge in [-0.2, -0.15) is 0 Å². The van der Waals surface area contributed by atoms with Gasteiger partial charge in [-0.25, -0.2) is 0 Å². The van der Waals surface area contributed by atoms with Crippen LogP contribution >= 0.6 is 23.4 Å². The Balaban J connectivity index is 1.96. The number of anilines is 1. The van der Waals surface area contributed by atoms with Gasteiger partial charge in [-0.1, -0.05) is 11.6 Å². The smallest absolute Gasteiger partial charge is 0.173 e. The predicted molar refractivity (Wildman–Crippen MR) is 77.4 cm³/mol. The van der Waals surface area contributed by atoms with Crippen LogP contribution in [-0.2, 0) is 0 Å². The summed E-state index contributed by atoms with van der Waals surface area (Å²) in [5, 5.41) is 0.637. The minimum Gasteiger partial charge on any atom is -0.399 e. The molecule has 0 aliphatic rings. The third-order valence-electron chi connectivity index (χ3n) is 2.42. The number of nitrogens with two attached hydrogens (primary N) is 1. The van der Waals surface area contributed by atoms with Crippen LogP contribution in [0.5, 0.6) is 0 Å². The molecule has 0 bridgehead atoms. The average molecular weight is 278 g/mol. The first-order valence-electron chi connectivity index (χ1n) is 5.42. The SMILES string of the molecule is Nc1ccc(SCC(=O)c2ccc(Cl)cc2)cc1. The fourth-order valence-electron chi connectivity index (χ4n) is 1.43. The fourth-order valence-corrected chi connectivity index (χ4v) is 2.35. The van der Waals surface area contributed by atoms with Crippen molar-refractivity contribution < 1.29 is 4.79 Å². The third kappa shape index (κ3) is 3.52. The molecular weight excluding hydrogens is 266 g/mol. The second-order valence-corrected chi connectivity index (χ2v) is 5.27. The molecular formula is C14H12ClNOS. The van der Waals surface area contributed by atoms with Crippen LogP contribution in [0.25, 0.3) is 0 Å². The van der Waals surface area contributed by atoms with Gasteiger partial charge >= 0.3 is 0 Å². The first-order valence-corrected chi connectivity index (χ1v) is 6.78. The van der Waals surface area contributed by atoms with Crippen molar-refractivity contribution in [3.8, 4) is 0 Å². The van der Waals surface area contributed by atoms with Gasteiger partial charge in [0.05, 0.1) is 5.75 Å². The standard InChI is InChI=1S/C14H12ClNOS/c15-11-3-1-10(2-4-11)14(17)9-18-13-7-5-12(16)6-8-13/h1-8H,9,16H2. The number of halogens is 1. The highest BCUT2D eigenvalue weighted by Crippen LogP contribution is 2.20. The molecule has 0 aromatic heterocycles. The molecule has 0 aliphatic heterocycles. The normalized spacial score (nSPS) is 10.3. The van der Waals surface area contributed by atoms with Crippen molar-refractivity contribution in [2.75, 3.05) is 11.5 Å². The lowest BCUT2D eigenvalue weighted by Crippen LogP contribution is -2.01. The third-order valence-corrected chi connectivity index (χ3v) is 3.68. The molecule has 18 heavy (non-hydrogen) atoms. The Kier molecular flexibility index (Phi) is 4.28. The number of carbonyl (C=O) groups excluding carboxylic acids is 1. The Labute approximate surface area is 115 Å². The van der Waals surface area contributed by atoms with E-state index in [-0.39, 0.29) is 5.78 Å². The monoisotopic (exact) mass is 277 g/mol. The summed E-state index contributed by atoms with van der Waals surface area (Å²) in [7, 11) is 0. The maximum Gasteiger partial charge on any atom is 0.173 e. The van der Waals surface area contributed by atoms with Gasteiger partial charge in [-0.3, -0.25) is 4.79 Å². The van der Waals surface area contributed by atoms with Crippen LogP contribution in [0, 0.1) is 0 Å². The van der Waals surface area contributed by atoms with Crippen molar-refractivity contribution in [1.82, 2.24) is 0 Å². The van der Waals surface area contributed by atoms with Gasteiger partial charge in [0, 0.05) is 21.2 Å². The van der Waals surface area contributed by atoms with Crippen molar-refractivity contribution in [2.45, 2.75) is 4.90 Å². The maximum absolute atomic E-state index is 11.9. The van der Waals surface area contributed by atoms with E-state index in [2.05, 4.69) is 0 Å². The minimum absolute atomic E-state index is 0.0912. The molecule has 2 nitrogen and oxygen atoms in total. The summed E-state index contributed by atoms with van der Waals surface area (Å²) in [6.45, 7) is 0. The lowest BCUT2D eigenvalue weighted by atomic mass is 10.1. The molecule has 0 unspecified atom stereocenters.